The van der Waals surface area contributed by atoms with Crippen LogP contribution in [0.3, 0.4) is 0 Å². The number of carbonyl (C=O) groups excluding carboxylic acids is 1. The second-order valence-electron chi connectivity index (χ2n) is 5.03. The van der Waals surface area contributed by atoms with E-state index in [1.54, 1.807) is 0 Å². The predicted molar refractivity (Wildman–Crippen MR) is 83.2 cm³/mol. The number of nitrogens with one attached hydrogen (secondary N) is 1. The maximum absolute atomic E-state index is 12.1. The van der Waals surface area contributed by atoms with Gasteiger partial charge in [0.15, 0.2) is 0 Å². The zero-order valence-electron chi connectivity index (χ0n) is 10.8. The second kappa shape index (κ2) is 7.27. The summed E-state index contributed by atoms with van der Waals surface area (Å²) >= 11 is 3.42. The highest BCUT2D eigenvalue weighted by Gasteiger charge is 2.34. The first kappa shape index (κ1) is 16.5. The molecule has 106 valence electrons. The van der Waals surface area contributed by atoms with Gasteiger partial charge in [-0.3, -0.25) is 4.79 Å². The van der Waals surface area contributed by atoms with Gasteiger partial charge in [-0.25, -0.2) is 0 Å². The van der Waals surface area contributed by atoms with Crippen molar-refractivity contribution in [3.05, 3.63) is 34.3 Å². The predicted octanol–water partition coefficient (Wildman–Crippen LogP) is 3.15. The van der Waals surface area contributed by atoms with Gasteiger partial charge in [0.2, 0.25) is 5.91 Å². The molecule has 0 unspecified atom stereocenters. The molecule has 5 heteroatoms. The highest BCUT2D eigenvalue weighted by atomic mass is 79.9. The number of halogens is 2. The van der Waals surface area contributed by atoms with Gasteiger partial charge in [0.25, 0.3) is 0 Å². The van der Waals surface area contributed by atoms with E-state index in [1.165, 1.54) is 6.42 Å². The third-order valence-electron chi connectivity index (χ3n) is 3.54. The van der Waals surface area contributed by atoms with Gasteiger partial charge in [-0.2, -0.15) is 0 Å². The highest BCUT2D eigenvalue weighted by molar-refractivity contribution is 9.10. The number of rotatable bonds is 3. The molecule has 0 aromatic heterocycles. The molecule has 1 fully saturated rings. The summed E-state index contributed by atoms with van der Waals surface area (Å²) in [4.78, 5) is 12.1. The molecule has 3 nitrogen and oxygen atoms in total. The van der Waals surface area contributed by atoms with E-state index in [0.29, 0.717) is 6.54 Å². The Labute approximate surface area is 128 Å². The molecule has 1 amide bonds. The van der Waals surface area contributed by atoms with Crippen LogP contribution < -0.4 is 11.1 Å². The van der Waals surface area contributed by atoms with Gasteiger partial charge < -0.3 is 11.1 Å². The van der Waals surface area contributed by atoms with E-state index in [-0.39, 0.29) is 18.3 Å². The van der Waals surface area contributed by atoms with Gasteiger partial charge >= 0.3 is 0 Å². The van der Waals surface area contributed by atoms with Crippen LogP contribution in [0.15, 0.2) is 28.7 Å². The highest BCUT2D eigenvalue weighted by Crippen LogP contribution is 2.26. The van der Waals surface area contributed by atoms with E-state index in [2.05, 4.69) is 21.2 Å². The van der Waals surface area contributed by atoms with Crippen LogP contribution in [-0.4, -0.2) is 11.4 Å². The van der Waals surface area contributed by atoms with Crippen molar-refractivity contribution in [1.82, 2.24) is 5.32 Å². The molecule has 3 N–H and O–H groups in total. The molecule has 0 heterocycles. The third kappa shape index (κ3) is 4.48. The molecular weight excluding hydrogens is 328 g/mol. The van der Waals surface area contributed by atoms with Crippen molar-refractivity contribution >= 4 is 34.2 Å². The number of benzene rings is 1. The minimum absolute atomic E-state index is 0. The van der Waals surface area contributed by atoms with Crippen LogP contribution in [0.5, 0.6) is 0 Å². The fourth-order valence-corrected chi connectivity index (χ4v) is 2.86. The minimum atomic E-state index is -0.649. The van der Waals surface area contributed by atoms with Crippen LogP contribution in [0.2, 0.25) is 0 Å². The average Bonchev–Trinajstić information content (AvgIpc) is 2.37. The van der Waals surface area contributed by atoms with Crippen molar-refractivity contribution in [2.45, 2.75) is 44.2 Å². The standard InChI is InChI=1S/C14H19BrN2O.ClH/c15-12-6-4-5-11(9-12)10-17-13(18)14(16)7-2-1-3-8-14;/h4-6,9H,1-3,7-8,10,16H2,(H,17,18);1H. The van der Waals surface area contributed by atoms with Crippen LogP contribution in [0, 0.1) is 0 Å². The Morgan fingerprint density at radius 3 is 2.63 bits per heavy atom. The number of amides is 1. The summed E-state index contributed by atoms with van der Waals surface area (Å²) in [7, 11) is 0. The van der Waals surface area contributed by atoms with E-state index >= 15 is 0 Å². The Morgan fingerprint density at radius 1 is 1.32 bits per heavy atom. The topological polar surface area (TPSA) is 55.1 Å². The summed E-state index contributed by atoms with van der Waals surface area (Å²) in [6, 6.07) is 7.93. The van der Waals surface area contributed by atoms with Crippen LogP contribution in [0.4, 0.5) is 0 Å². The lowest BCUT2D eigenvalue weighted by molar-refractivity contribution is -0.127. The Bertz CT molecular complexity index is 433. The molecule has 1 aromatic carbocycles. The Balaban J connectivity index is 0.00000180. The summed E-state index contributed by atoms with van der Waals surface area (Å²) < 4.78 is 1.02. The zero-order valence-corrected chi connectivity index (χ0v) is 13.2. The van der Waals surface area contributed by atoms with Gasteiger partial charge in [-0.05, 0) is 30.5 Å². The first-order chi connectivity index (χ1) is 8.60. The Morgan fingerprint density at radius 2 is 2.00 bits per heavy atom. The number of hydrogen-bond donors (Lipinski definition) is 2. The van der Waals surface area contributed by atoms with Crippen LogP contribution in [-0.2, 0) is 11.3 Å². The van der Waals surface area contributed by atoms with Crippen molar-refractivity contribution in [3.8, 4) is 0 Å². The van der Waals surface area contributed by atoms with Crippen LogP contribution in [0.1, 0.15) is 37.7 Å². The van der Waals surface area contributed by atoms with Crippen molar-refractivity contribution in [3.63, 3.8) is 0 Å². The van der Waals surface area contributed by atoms with E-state index < -0.39 is 5.54 Å². The summed E-state index contributed by atoms with van der Waals surface area (Å²) in [6.07, 6.45) is 4.91. The molecule has 1 aliphatic rings. The number of hydrogen-bond acceptors (Lipinski definition) is 2. The van der Waals surface area contributed by atoms with E-state index in [0.717, 1.165) is 35.7 Å². The summed E-state index contributed by atoms with van der Waals surface area (Å²) in [5.41, 5.74) is 6.61. The molecule has 0 spiro atoms. The minimum Gasteiger partial charge on any atom is -0.350 e. The van der Waals surface area contributed by atoms with Gasteiger partial charge in [-0.15, -0.1) is 12.4 Å². The van der Waals surface area contributed by atoms with Gasteiger partial charge in [0.1, 0.15) is 0 Å². The van der Waals surface area contributed by atoms with Crippen molar-refractivity contribution < 1.29 is 4.79 Å². The molecule has 0 radical (unpaired) electrons. The lowest BCUT2D eigenvalue weighted by atomic mass is 9.82. The van der Waals surface area contributed by atoms with Crippen molar-refractivity contribution in [1.29, 1.82) is 0 Å². The van der Waals surface area contributed by atoms with Gasteiger partial charge in [0.05, 0.1) is 5.54 Å². The van der Waals surface area contributed by atoms with Gasteiger partial charge in [0, 0.05) is 11.0 Å². The lowest BCUT2D eigenvalue weighted by Crippen LogP contribution is -2.54. The van der Waals surface area contributed by atoms with Crippen LogP contribution in [0.25, 0.3) is 0 Å². The summed E-state index contributed by atoms with van der Waals surface area (Å²) in [5, 5.41) is 2.95. The molecular formula is C14H20BrClN2O. The molecule has 1 saturated carbocycles. The lowest BCUT2D eigenvalue weighted by Gasteiger charge is -2.31. The smallest absolute Gasteiger partial charge is 0.240 e. The molecule has 0 bridgehead atoms. The summed E-state index contributed by atoms with van der Waals surface area (Å²) in [6.45, 7) is 0.539. The molecule has 2 rings (SSSR count). The van der Waals surface area contributed by atoms with E-state index in [9.17, 15) is 4.79 Å². The second-order valence-corrected chi connectivity index (χ2v) is 5.95. The normalized spacial score (nSPS) is 17.4. The number of nitrogens with two attached hydrogens (primary N) is 1. The Hall–Kier alpha value is -0.580. The molecule has 0 aliphatic heterocycles. The van der Waals surface area contributed by atoms with Crippen molar-refractivity contribution in [2.24, 2.45) is 5.73 Å². The van der Waals surface area contributed by atoms with Crippen LogP contribution >= 0.6 is 28.3 Å². The van der Waals surface area contributed by atoms with Gasteiger partial charge in [-0.1, -0.05) is 47.3 Å². The molecule has 1 aromatic rings. The maximum Gasteiger partial charge on any atom is 0.240 e. The largest absolute Gasteiger partial charge is 0.350 e. The molecule has 0 saturated heterocycles. The Kier molecular flexibility index (Phi) is 6.30. The molecule has 0 atom stereocenters. The SMILES string of the molecule is Cl.NC1(C(=O)NCc2cccc(Br)c2)CCCCC1. The monoisotopic (exact) mass is 346 g/mol. The van der Waals surface area contributed by atoms with E-state index in [1.807, 2.05) is 24.3 Å². The van der Waals surface area contributed by atoms with Crippen molar-refractivity contribution in [2.75, 3.05) is 0 Å². The maximum atomic E-state index is 12.1. The third-order valence-corrected chi connectivity index (χ3v) is 4.03. The fraction of sp³-hybridized carbons (Fsp3) is 0.500. The number of carbonyl (C=O) groups is 1. The average molecular weight is 348 g/mol. The first-order valence-electron chi connectivity index (χ1n) is 6.42. The zero-order chi connectivity index (χ0) is 13.0. The molecule has 1 aliphatic carbocycles. The van der Waals surface area contributed by atoms with E-state index in [4.69, 9.17) is 5.73 Å². The quantitative estimate of drug-likeness (QED) is 0.882. The molecule has 19 heavy (non-hydrogen) atoms. The summed E-state index contributed by atoms with van der Waals surface area (Å²) in [5.74, 6) is -0.0119. The first-order valence-corrected chi connectivity index (χ1v) is 7.21. The fourth-order valence-electron chi connectivity index (χ4n) is 2.42.